The lowest BCUT2D eigenvalue weighted by atomic mass is 10.2. The predicted octanol–water partition coefficient (Wildman–Crippen LogP) is 2.62. The van der Waals surface area contributed by atoms with Gasteiger partial charge in [-0.1, -0.05) is 36.4 Å². The minimum absolute atomic E-state index is 0.462. The van der Waals surface area contributed by atoms with E-state index in [2.05, 4.69) is 11.2 Å². The first-order valence-electron chi connectivity index (χ1n) is 6.02. The molecular formula is C16H14O3S. The molecule has 0 fully saturated rings. The van der Waals surface area contributed by atoms with Gasteiger partial charge in [-0.2, -0.15) is 0 Å². The molecule has 102 valence electrons. The summed E-state index contributed by atoms with van der Waals surface area (Å²) in [4.78, 5) is 0. The molecule has 2 rings (SSSR count). The van der Waals surface area contributed by atoms with Crippen LogP contribution in [0, 0.1) is 11.2 Å². The van der Waals surface area contributed by atoms with Crippen molar-refractivity contribution >= 4 is 9.84 Å². The lowest BCUT2D eigenvalue weighted by molar-refractivity contribution is 0.306. The van der Waals surface area contributed by atoms with Gasteiger partial charge >= 0.3 is 0 Å². The molecule has 0 heterocycles. The molecule has 2 aromatic carbocycles. The topological polar surface area (TPSA) is 43.4 Å². The van der Waals surface area contributed by atoms with E-state index in [1.165, 1.54) is 0 Å². The van der Waals surface area contributed by atoms with Crippen molar-refractivity contribution < 1.29 is 13.2 Å². The van der Waals surface area contributed by atoms with Crippen molar-refractivity contribution in [2.75, 3.05) is 6.26 Å². The molecule has 0 saturated carbocycles. The van der Waals surface area contributed by atoms with E-state index in [0.29, 0.717) is 17.9 Å². The Morgan fingerprint density at radius 1 is 1.05 bits per heavy atom. The number of hydrogen-bond acceptors (Lipinski definition) is 3. The minimum Gasteiger partial charge on any atom is -0.489 e. The van der Waals surface area contributed by atoms with Crippen LogP contribution in [0.3, 0.4) is 0 Å². The monoisotopic (exact) mass is 286 g/mol. The van der Waals surface area contributed by atoms with Crippen molar-refractivity contribution in [3.05, 3.63) is 65.7 Å². The fraction of sp³-hybridized carbons (Fsp3) is 0.125. The largest absolute Gasteiger partial charge is 0.489 e. The Morgan fingerprint density at radius 2 is 1.80 bits per heavy atom. The summed E-state index contributed by atoms with van der Waals surface area (Å²) >= 11 is 0. The van der Waals surface area contributed by atoms with Crippen LogP contribution in [0.15, 0.2) is 54.6 Å². The third-order valence-corrected chi connectivity index (χ3v) is 2.94. The summed E-state index contributed by atoms with van der Waals surface area (Å²) in [6.45, 7) is 0.462. The molecule has 20 heavy (non-hydrogen) atoms. The Kier molecular flexibility index (Phi) is 4.44. The van der Waals surface area contributed by atoms with Crippen LogP contribution in [0.2, 0.25) is 0 Å². The van der Waals surface area contributed by atoms with Crippen molar-refractivity contribution in [1.29, 1.82) is 0 Å². The Labute approximate surface area is 119 Å². The Morgan fingerprint density at radius 3 is 2.50 bits per heavy atom. The van der Waals surface area contributed by atoms with E-state index in [-0.39, 0.29) is 0 Å². The smallest absolute Gasteiger partial charge is 0.214 e. The van der Waals surface area contributed by atoms with Gasteiger partial charge in [0.05, 0.1) is 6.26 Å². The van der Waals surface area contributed by atoms with E-state index in [0.717, 1.165) is 11.8 Å². The highest BCUT2D eigenvalue weighted by Gasteiger charge is 1.97. The third kappa shape index (κ3) is 4.79. The molecule has 3 nitrogen and oxygen atoms in total. The second-order valence-electron chi connectivity index (χ2n) is 4.30. The Balaban J connectivity index is 2.08. The summed E-state index contributed by atoms with van der Waals surface area (Å²) in [6.07, 6.45) is 1.08. The van der Waals surface area contributed by atoms with Crippen molar-refractivity contribution in [2.24, 2.45) is 0 Å². The number of ether oxygens (including phenoxy) is 1. The van der Waals surface area contributed by atoms with Gasteiger partial charge in [0.25, 0.3) is 0 Å². The van der Waals surface area contributed by atoms with E-state index in [1.54, 1.807) is 18.2 Å². The summed E-state index contributed by atoms with van der Waals surface area (Å²) in [5, 5.41) is 2.21. The second-order valence-corrected chi connectivity index (χ2v) is 6.05. The summed E-state index contributed by atoms with van der Waals surface area (Å²) < 4.78 is 27.6. The quantitative estimate of drug-likeness (QED) is 0.815. The van der Waals surface area contributed by atoms with Crippen LogP contribution >= 0.6 is 0 Å². The standard InChI is InChI=1S/C16H14O3S/c1-20(17,18)11-10-14-8-5-9-16(12-14)19-13-15-6-3-2-4-7-15/h2-9,12H,13H2,1H3. The molecule has 0 saturated heterocycles. The second kappa shape index (κ2) is 6.27. The van der Waals surface area contributed by atoms with Crippen molar-refractivity contribution in [3.8, 4) is 16.9 Å². The molecule has 0 aliphatic carbocycles. The van der Waals surface area contributed by atoms with Crippen LogP contribution in [0.4, 0.5) is 0 Å². The highest BCUT2D eigenvalue weighted by Crippen LogP contribution is 2.14. The van der Waals surface area contributed by atoms with Crippen LogP contribution in [0.1, 0.15) is 11.1 Å². The molecule has 2 aromatic rings. The SMILES string of the molecule is CS(=O)(=O)C#Cc1cccc(OCc2ccccc2)c1. The zero-order valence-electron chi connectivity index (χ0n) is 11.0. The number of rotatable bonds is 3. The molecule has 0 atom stereocenters. The van der Waals surface area contributed by atoms with Crippen LogP contribution in [0.25, 0.3) is 0 Å². The maximum absolute atomic E-state index is 11.0. The van der Waals surface area contributed by atoms with E-state index >= 15 is 0 Å². The maximum Gasteiger partial charge on any atom is 0.214 e. The highest BCUT2D eigenvalue weighted by molar-refractivity contribution is 7.95. The van der Waals surface area contributed by atoms with Gasteiger partial charge in [0.2, 0.25) is 9.84 Å². The molecule has 0 unspecified atom stereocenters. The first-order chi connectivity index (χ1) is 9.53. The van der Waals surface area contributed by atoms with Gasteiger partial charge in [0, 0.05) is 10.8 Å². The normalized spacial score (nSPS) is 10.4. The van der Waals surface area contributed by atoms with Crippen LogP contribution in [0.5, 0.6) is 5.75 Å². The Bertz CT molecular complexity index is 738. The Hall–Kier alpha value is -2.25. The molecule has 0 N–H and O–H groups in total. The van der Waals surface area contributed by atoms with Gasteiger partial charge in [-0.3, -0.25) is 0 Å². The molecule has 0 bridgehead atoms. The van der Waals surface area contributed by atoms with Crippen LogP contribution in [-0.4, -0.2) is 14.7 Å². The summed E-state index contributed by atoms with van der Waals surface area (Å²) in [6, 6.07) is 16.9. The van der Waals surface area contributed by atoms with E-state index in [1.807, 2.05) is 36.4 Å². The van der Waals surface area contributed by atoms with Gasteiger partial charge in [-0.05, 0) is 29.7 Å². The van der Waals surface area contributed by atoms with Gasteiger partial charge < -0.3 is 4.74 Å². The zero-order chi connectivity index (χ0) is 14.4. The van der Waals surface area contributed by atoms with Gasteiger partial charge in [0.15, 0.2) is 0 Å². The van der Waals surface area contributed by atoms with Gasteiger partial charge in [-0.15, -0.1) is 0 Å². The zero-order valence-corrected chi connectivity index (χ0v) is 11.9. The lowest BCUT2D eigenvalue weighted by Crippen LogP contribution is -1.95. The van der Waals surface area contributed by atoms with Gasteiger partial charge in [-0.25, -0.2) is 8.42 Å². The average molecular weight is 286 g/mol. The van der Waals surface area contributed by atoms with Crippen LogP contribution in [-0.2, 0) is 16.4 Å². The number of benzene rings is 2. The highest BCUT2D eigenvalue weighted by atomic mass is 32.2. The fourth-order valence-corrected chi connectivity index (χ4v) is 1.86. The van der Waals surface area contributed by atoms with Gasteiger partial charge in [0.1, 0.15) is 12.4 Å². The molecule has 0 aliphatic rings. The van der Waals surface area contributed by atoms with E-state index in [4.69, 9.17) is 4.74 Å². The molecule has 0 amide bonds. The molecule has 0 radical (unpaired) electrons. The fourth-order valence-electron chi connectivity index (χ4n) is 1.56. The number of hydrogen-bond donors (Lipinski definition) is 0. The molecule has 0 aromatic heterocycles. The van der Waals surface area contributed by atoms with E-state index < -0.39 is 9.84 Å². The summed E-state index contributed by atoms with van der Waals surface area (Å²) in [5.41, 5.74) is 1.68. The predicted molar refractivity (Wildman–Crippen MR) is 78.9 cm³/mol. The molecule has 0 spiro atoms. The average Bonchev–Trinajstić information content (AvgIpc) is 2.44. The summed E-state index contributed by atoms with van der Waals surface area (Å²) in [7, 11) is -3.29. The number of sulfone groups is 1. The molecule has 0 aliphatic heterocycles. The van der Waals surface area contributed by atoms with Crippen LogP contribution < -0.4 is 4.74 Å². The van der Waals surface area contributed by atoms with Crippen molar-refractivity contribution in [1.82, 2.24) is 0 Å². The van der Waals surface area contributed by atoms with Crippen molar-refractivity contribution in [2.45, 2.75) is 6.61 Å². The summed E-state index contributed by atoms with van der Waals surface area (Å²) in [5.74, 6) is 3.27. The lowest BCUT2D eigenvalue weighted by Gasteiger charge is -2.06. The van der Waals surface area contributed by atoms with E-state index in [9.17, 15) is 8.42 Å². The minimum atomic E-state index is -3.29. The maximum atomic E-state index is 11.0. The van der Waals surface area contributed by atoms with Crippen molar-refractivity contribution in [3.63, 3.8) is 0 Å². The first kappa shape index (κ1) is 14.2. The molecular weight excluding hydrogens is 272 g/mol. The molecule has 4 heteroatoms. The third-order valence-electron chi connectivity index (χ3n) is 2.46. The first-order valence-corrected chi connectivity index (χ1v) is 7.92.